The fourth-order valence-electron chi connectivity index (χ4n) is 5.06. The van der Waals surface area contributed by atoms with E-state index in [2.05, 4.69) is 5.32 Å². The van der Waals surface area contributed by atoms with E-state index in [1.807, 2.05) is 43.3 Å². The zero-order valence-corrected chi connectivity index (χ0v) is 18.9. The van der Waals surface area contributed by atoms with E-state index in [9.17, 15) is 14.7 Å². The van der Waals surface area contributed by atoms with Crippen molar-refractivity contribution >= 4 is 11.6 Å². The van der Waals surface area contributed by atoms with Crippen LogP contribution in [0.25, 0.3) is 0 Å². The number of fused-ring (bicyclic) bond motifs is 1. The number of carbonyl (C=O) groups is 2. The molecule has 5 heteroatoms. The molecule has 2 aliphatic heterocycles. The average Bonchev–Trinajstić information content (AvgIpc) is 3.24. The first-order chi connectivity index (χ1) is 15.6. The molecule has 2 aromatic rings. The van der Waals surface area contributed by atoms with Crippen molar-refractivity contribution in [2.24, 2.45) is 5.92 Å². The number of ketones is 2. The average molecular weight is 436 g/mol. The minimum atomic E-state index is -0.773. The number of hydrogen-bond acceptors (Lipinski definition) is 5. The normalized spacial score (nSPS) is 20.6. The highest BCUT2D eigenvalue weighted by atomic mass is 16.5. The first kappa shape index (κ1) is 22.7. The van der Waals surface area contributed by atoms with Crippen molar-refractivity contribution in [1.82, 2.24) is 5.32 Å². The van der Waals surface area contributed by atoms with Crippen LogP contribution >= 0.6 is 0 Å². The maximum Gasteiger partial charge on any atom is 0.166 e. The lowest BCUT2D eigenvalue weighted by molar-refractivity contribution is 0.0976. The Labute approximate surface area is 190 Å². The highest BCUT2D eigenvalue weighted by Gasteiger charge is 2.44. The molecule has 1 saturated heterocycles. The largest absolute Gasteiger partial charge is 0.491 e. The lowest BCUT2D eigenvalue weighted by Crippen LogP contribution is -2.33. The SMILES string of the molecule is CCC(=O)c1cc(C(=O)CCCC2CCNCC2)cc2c1OCC2(CO)c1ccccc1. The summed E-state index contributed by atoms with van der Waals surface area (Å²) in [6.07, 6.45) is 5.08. The van der Waals surface area contributed by atoms with Crippen LogP contribution in [0.5, 0.6) is 5.75 Å². The summed E-state index contributed by atoms with van der Waals surface area (Å²) in [7, 11) is 0. The third kappa shape index (κ3) is 4.37. The summed E-state index contributed by atoms with van der Waals surface area (Å²) in [5.74, 6) is 1.21. The van der Waals surface area contributed by atoms with Crippen molar-refractivity contribution < 1.29 is 19.4 Å². The molecule has 32 heavy (non-hydrogen) atoms. The standard InChI is InChI=1S/C27H33NO4/c1-2-24(30)22-15-20(25(31)10-6-7-19-11-13-28-14-12-19)16-23-26(22)32-18-27(23,17-29)21-8-4-3-5-9-21/h3-5,8-9,15-16,19,28-29H,2,6-7,10-14,17-18H2,1H3. The van der Waals surface area contributed by atoms with Crippen LogP contribution in [0.15, 0.2) is 42.5 Å². The fourth-order valence-corrected chi connectivity index (χ4v) is 5.06. The van der Waals surface area contributed by atoms with Crippen molar-refractivity contribution in [3.05, 3.63) is 64.7 Å². The Morgan fingerprint density at radius 1 is 1.12 bits per heavy atom. The second-order valence-corrected chi connectivity index (χ2v) is 9.08. The molecule has 1 unspecified atom stereocenters. The molecule has 5 nitrogen and oxygen atoms in total. The Balaban J connectivity index is 1.64. The number of Topliss-reactive ketones (excluding diaryl/α,β-unsaturated/α-hetero) is 2. The first-order valence-corrected chi connectivity index (χ1v) is 11.8. The maximum absolute atomic E-state index is 13.2. The van der Waals surface area contributed by atoms with Gasteiger partial charge in [0.15, 0.2) is 11.6 Å². The molecule has 0 saturated carbocycles. The molecule has 0 radical (unpaired) electrons. The highest BCUT2D eigenvalue weighted by molar-refractivity contribution is 6.04. The van der Waals surface area contributed by atoms with Gasteiger partial charge in [0.2, 0.25) is 0 Å². The van der Waals surface area contributed by atoms with Crippen LogP contribution in [-0.4, -0.2) is 43.0 Å². The summed E-state index contributed by atoms with van der Waals surface area (Å²) < 4.78 is 6.01. The molecule has 170 valence electrons. The smallest absolute Gasteiger partial charge is 0.166 e. The molecule has 0 aromatic heterocycles. The molecule has 1 fully saturated rings. The molecule has 2 aliphatic rings. The van der Waals surface area contributed by atoms with E-state index < -0.39 is 5.41 Å². The second kappa shape index (κ2) is 9.97. The number of rotatable bonds is 9. The minimum Gasteiger partial charge on any atom is -0.491 e. The summed E-state index contributed by atoms with van der Waals surface area (Å²) in [5, 5.41) is 13.8. The lowest BCUT2D eigenvalue weighted by Gasteiger charge is -2.26. The molecule has 0 aliphatic carbocycles. The Morgan fingerprint density at radius 3 is 2.56 bits per heavy atom. The molecule has 0 amide bonds. The van der Waals surface area contributed by atoms with Crippen LogP contribution < -0.4 is 10.1 Å². The fraction of sp³-hybridized carbons (Fsp3) is 0.481. The summed E-state index contributed by atoms with van der Waals surface area (Å²) in [5.41, 5.74) is 1.90. The number of benzene rings is 2. The summed E-state index contributed by atoms with van der Waals surface area (Å²) in [4.78, 5) is 25.9. The molecule has 1 atom stereocenters. The van der Waals surface area contributed by atoms with Gasteiger partial charge in [-0.25, -0.2) is 0 Å². The van der Waals surface area contributed by atoms with Gasteiger partial charge in [0.05, 0.1) is 17.6 Å². The van der Waals surface area contributed by atoms with Crippen LogP contribution in [-0.2, 0) is 5.41 Å². The van der Waals surface area contributed by atoms with E-state index in [0.717, 1.165) is 37.1 Å². The van der Waals surface area contributed by atoms with Gasteiger partial charge in [-0.05, 0) is 62.4 Å². The quantitative estimate of drug-likeness (QED) is 0.575. The molecular formula is C27H33NO4. The van der Waals surface area contributed by atoms with E-state index in [4.69, 9.17) is 4.74 Å². The number of ether oxygens (including phenoxy) is 1. The van der Waals surface area contributed by atoms with Crippen molar-refractivity contribution in [2.75, 3.05) is 26.3 Å². The molecule has 2 N–H and O–H groups in total. The Kier molecular flexibility index (Phi) is 7.07. The predicted molar refractivity (Wildman–Crippen MR) is 125 cm³/mol. The van der Waals surface area contributed by atoms with Crippen LogP contribution in [0.4, 0.5) is 0 Å². The van der Waals surface area contributed by atoms with E-state index in [0.29, 0.717) is 35.6 Å². The van der Waals surface area contributed by atoms with Gasteiger partial charge >= 0.3 is 0 Å². The molecular weight excluding hydrogens is 402 g/mol. The predicted octanol–water partition coefficient (Wildman–Crippen LogP) is 4.30. The van der Waals surface area contributed by atoms with Gasteiger partial charge in [0.1, 0.15) is 12.4 Å². The van der Waals surface area contributed by atoms with Gasteiger partial charge in [-0.15, -0.1) is 0 Å². The number of hydrogen-bond donors (Lipinski definition) is 2. The zero-order valence-electron chi connectivity index (χ0n) is 18.9. The van der Waals surface area contributed by atoms with E-state index in [1.165, 1.54) is 12.8 Å². The summed E-state index contributed by atoms with van der Waals surface area (Å²) in [6, 6.07) is 13.3. The Bertz CT molecular complexity index is 965. The van der Waals surface area contributed by atoms with E-state index in [-0.39, 0.29) is 24.8 Å². The van der Waals surface area contributed by atoms with Gasteiger partial charge in [-0.1, -0.05) is 37.3 Å². The summed E-state index contributed by atoms with van der Waals surface area (Å²) in [6.45, 7) is 4.04. The monoisotopic (exact) mass is 435 g/mol. The number of nitrogens with one attached hydrogen (secondary N) is 1. The number of carbonyl (C=O) groups excluding carboxylic acids is 2. The van der Waals surface area contributed by atoms with Crippen LogP contribution in [0.3, 0.4) is 0 Å². The minimum absolute atomic E-state index is 0.0487. The molecule has 0 bridgehead atoms. The number of aliphatic hydroxyl groups is 1. The number of aliphatic hydroxyl groups excluding tert-OH is 1. The number of piperidine rings is 1. The third-order valence-corrected chi connectivity index (χ3v) is 7.08. The molecule has 0 spiro atoms. The highest BCUT2D eigenvalue weighted by Crippen LogP contribution is 2.46. The van der Waals surface area contributed by atoms with Gasteiger partial charge in [0, 0.05) is 24.0 Å². The van der Waals surface area contributed by atoms with E-state index >= 15 is 0 Å². The first-order valence-electron chi connectivity index (χ1n) is 11.8. The lowest BCUT2D eigenvalue weighted by atomic mass is 9.75. The zero-order chi connectivity index (χ0) is 22.6. The van der Waals surface area contributed by atoms with Gasteiger partial charge < -0.3 is 15.2 Å². The van der Waals surface area contributed by atoms with Crippen molar-refractivity contribution in [1.29, 1.82) is 0 Å². The molecule has 2 aromatic carbocycles. The Hall–Kier alpha value is -2.50. The van der Waals surface area contributed by atoms with Crippen molar-refractivity contribution in [3.63, 3.8) is 0 Å². The van der Waals surface area contributed by atoms with Crippen molar-refractivity contribution in [3.8, 4) is 5.75 Å². The molecule has 2 heterocycles. The van der Waals surface area contributed by atoms with Gasteiger partial charge in [-0.2, -0.15) is 0 Å². The maximum atomic E-state index is 13.2. The summed E-state index contributed by atoms with van der Waals surface area (Å²) >= 11 is 0. The van der Waals surface area contributed by atoms with Crippen LogP contribution in [0, 0.1) is 5.92 Å². The van der Waals surface area contributed by atoms with E-state index in [1.54, 1.807) is 6.07 Å². The van der Waals surface area contributed by atoms with Crippen LogP contribution in [0.2, 0.25) is 0 Å². The third-order valence-electron chi connectivity index (χ3n) is 7.08. The Morgan fingerprint density at radius 2 is 1.88 bits per heavy atom. The van der Waals surface area contributed by atoms with Gasteiger partial charge in [-0.3, -0.25) is 9.59 Å². The molecule has 4 rings (SSSR count). The van der Waals surface area contributed by atoms with Crippen molar-refractivity contribution in [2.45, 2.75) is 50.9 Å². The van der Waals surface area contributed by atoms with Crippen LogP contribution in [0.1, 0.15) is 77.3 Å². The van der Waals surface area contributed by atoms with Gasteiger partial charge in [0.25, 0.3) is 0 Å². The second-order valence-electron chi connectivity index (χ2n) is 9.08. The topological polar surface area (TPSA) is 75.6 Å².